The van der Waals surface area contributed by atoms with Crippen LogP contribution in [0.1, 0.15) is 24.6 Å². The number of rotatable bonds is 5. The number of carboxylic acids is 1. The van der Waals surface area contributed by atoms with Gasteiger partial charge in [-0.25, -0.2) is 0 Å². The highest BCUT2D eigenvalue weighted by molar-refractivity contribution is 5.81. The van der Waals surface area contributed by atoms with Gasteiger partial charge in [0, 0.05) is 19.7 Å². The van der Waals surface area contributed by atoms with Gasteiger partial charge >= 0.3 is 5.97 Å². The van der Waals surface area contributed by atoms with Crippen LogP contribution in [-0.4, -0.2) is 26.1 Å². The number of hydrogen-bond acceptors (Lipinski definition) is 3. The Hall–Kier alpha value is -2.17. The SMILES string of the molecule is CCC(Cc1cn(C)nn1)(C(=O)O)c1ccccc1. The lowest BCUT2D eigenvalue weighted by molar-refractivity contribution is -0.144. The molecular formula is C14H17N3O2. The quantitative estimate of drug-likeness (QED) is 0.888. The zero-order valence-corrected chi connectivity index (χ0v) is 11.1. The van der Waals surface area contributed by atoms with Gasteiger partial charge < -0.3 is 5.11 Å². The predicted octanol–water partition coefficient (Wildman–Crippen LogP) is 1.79. The van der Waals surface area contributed by atoms with Crippen LogP contribution in [0.3, 0.4) is 0 Å². The number of aromatic nitrogens is 3. The molecule has 2 rings (SSSR count). The van der Waals surface area contributed by atoms with Gasteiger partial charge in [0.2, 0.25) is 0 Å². The molecule has 0 aliphatic rings. The summed E-state index contributed by atoms with van der Waals surface area (Å²) < 4.78 is 1.59. The number of hydrogen-bond donors (Lipinski definition) is 1. The fourth-order valence-electron chi connectivity index (χ4n) is 2.32. The van der Waals surface area contributed by atoms with Crippen molar-refractivity contribution in [3.8, 4) is 0 Å². The zero-order valence-electron chi connectivity index (χ0n) is 11.1. The van der Waals surface area contributed by atoms with Crippen LogP contribution in [-0.2, 0) is 23.7 Å². The molecule has 1 aromatic heterocycles. The third-order valence-electron chi connectivity index (χ3n) is 3.47. The summed E-state index contributed by atoms with van der Waals surface area (Å²) in [6, 6.07) is 9.31. The molecule has 1 unspecified atom stereocenters. The number of carbonyl (C=O) groups is 1. The summed E-state index contributed by atoms with van der Waals surface area (Å²) in [7, 11) is 1.77. The highest BCUT2D eigenvalue weighted by Gasteiger charge is 2.39. The van der Waals surface area contributed by atoms with Crippen LogP contribution in [0.2, 0.25) is 0 Å². The fourth-order valence-corrected chi connectivity index (χ4v) is 2.32. The van der Waals surface area contributed by atoms with Crippen molar-refractivity contribution in [1.82, 2.24) is 15.0 Å². The molecule has 1 aromatic carbocycles. The molecule has 19 heavy (non-hydrogen) atoms. The minimum atomic E-state index is -0.947. The average Bonchev–Trinajstić information content (AvgIpc) is 2.82. The number of benzene rings is 1. The zero-order chi connectivity index (χ0) is 13.9. The first-order chi connectivity index (χ1) is 9.08. The van der Waals surface area contributed by atoms with Crippen LogP contribution in [0.5, 0.6) is 0 Å². The van der Waals surface area contributed by atoms with Crippen molar-refractivity contribution in [1.29, 1.82) is 0 Å². The lowest BCUT2D eigenvalue weighted by atomic mass is 9.74. The molecule has 0 amide bonds. The highest BCUT2D eigenvalue weighted by atomic mass is 16.4. The Morgan fingerprint density at radius 3 is 2.53 bits per heavy atom. The molecule has 100 valence electrons. The summed E-state index contributed by atoms with van der Waals surface area (Å²) in [5.74, 6) is -0.827. The first kappa shape index (κ1) is 13.3. The van der Waals surface area contributed by atoms with Gasteiger partial charge in [0.1, 0.15) is 0 Å². The van der Waals surface area contributed by atoms with E-state index < -0.39 is 11.4 Å². The molecule has 1 atom stereocenters. The van der Waals surface area contributed by atoms with E-state index in [1.165, 1.54) is 0 Å². The Kier molecular flexibility index (Phi) is 3.64. The van der Waals surface area contributed by atoms with Crippen LogP contribution < -0.4 is 0 Å². The van der Waals surface area contributed by atoms with Crippen LogP contribution in [0.15, 0.2) is 36.5 Å². The van der Waals surface area contributed by atoms with Crippen molar-refractivity contribution in [2.24, 2.45) is 7.05 Å². The van der Waals surface area contributed by atoms with Crippen LogP contribution in [0.25, 0.3) is 0 Å². The Bertz CT molecular complexity index is 565. The third-order valence-corrected chi connectivity index (χ3v) is 3.47. The molecule has 0 aliphatic heterocycles. The maximum atomic E-state index is 11.8. The van der Waals surface area contributed by atoms with Gasteiger partial charge in [-0.05, 0) is 12.0 Å². The average molecular weight is 259 g/mol. The number of carboxylic acid groups (broad SMARTS) is 1. The Labute approximate surface area is 111 Å². The smallest absolute Gasteiger partial charge is 0.314 e. The summed E-state index contributed by atoms with van der Waals surface area (Å²) in [5, 5.41) is 17.6. The van der Waals surface area contributed by atoms with E-state index in [0.29, 0.717) is 18.5 Å². The molecule has 0 saturated carbocycles. The second kappa shape index (κ2) is 5.22. The monoisotopic (exact) mass is 259 g/mol. The van der Waals surface area contributed by atoms with Crippen LogP contribution in [0.4, 0.5) is 0 Å². The predicted molar refractivity (Wildman–Crippen MR) is 70.8 cm³/mol. The van der Waals surface area contributed by atoms with Gasteiger partial charge in [-0.3, -0.25) is 9.48 Å². The fraction of sp³-hybridized carbons (Fsp3) is 0.357. The van der Waals surface area contributed by atoms with Crippen LogP contribution >= 0.6 is 0 Å². The van der Waals surface area contributed by atoms with Gasteiger partial charge in [0.25, 0.3) is 0 Å². The second-order valence-corrected chi connectivity index (χ2v) is 4.67. The van der Waals surface area contributed by atoms with Crippen molar-refractivity contribution >= 4 is 5.97 Å². The number of aryl methyl sites for hydroxylation is 1. The standard InChI is InChI=1S/C14H17N3O2/c1-3-14(13(18)19,11-7-5-4-6-8-11)9-12-10-17(2)16-15-12/h4-8,10H,3,9H2,1-2H3,(H,18,19). The molecule has 5 nitrogen and oxygen atoms in total. The van der Waals surface area contributed by atoms with Crippen molar-refractivity contribution in [3.63, 3.8) is 0 Å². The second-order valence-electron chi connectivity index (χ2n) is 4.67. The van der Waals surface area contributed by atoms with E-state index >= 15 is 0 Å². The molecule has 2 aromatic rings. The summed E-state index contributed by atoms with van der Waals surface area (Å²) in [5.41, 5.74) is 0.545. The van der Waals surface area contributed by atoms with E-state index in [1.54, 1.807) is 17.9 Å². The lowest BCUT2D eigenvalue weighted by Crippen LogP contribution is -2.37. The van der Waals surface area contributed by atoms with E-state index in [4.69, 9.17) is 0 Å². The van der Waals surface area contributed by atoms with Gasteiger partial charge in [0.05, 0.1) is 11.1 Å². The van der Waals surface area contributed by atoms with Gasteiger partial charge in [-0.1, -0.05) is 42.5 Å². The molecule has 1 heterocycles. The van der Waals surface area contributed by atoms with Gasteiger partial charge in [-0.15, -0.1) is 5.10 Å². The molecule has 1 N–H and O–H groups in total. The molecule has 0 saturated heterocycles. The van der Waals surface area contributed by atoms with E-state index in [2.05, 4.69) is 10.3 Å². The molecule has 5 heteroatoms. The van der Waals surface area contributed by atoms with Crippen LogP contribution in [0, 0.1) is 0 Å². The Balaban J connectivity index is 2.43. The summed E-state index contributed by atoms with van der Waals surface area (Å²) in [4.78, 5) is 11.8. The topological polar surface area (TPSA) is 68.0 Å². The van der Waals surface area contributed by atoms with Crippen molar-refractivity contribution in [2.75, 3.05) is 0 Å². The van der Waals surface area contributed by atoms with Gasteiger partial charge in [0.15, 0.2) is 0 Å². The molecule has 0 fully saturated rings. The number of aliphatic carboxylic acids is 1. The third kappa shape index (κ3) is 2.50. The van der Waals surface area contributed by atoms with Crippen molar-refractivity contribution in [2.45, 2.75) is 25.2 Å². The molecule has 0 aliphatic carbocycles. The summed E-state index contributed by atoms with van der Waals surface area (Å²) >= 11 is 0. The van der Waals surface area contributed by atoms with Crippen molar-refractivity contribution < 1.29 is 9.90 Å². The molecule has 0 radical (unpaired) electrons. The van der Waals surface area contributed by atoms with Gasteiger partial charge in [-0.2, -0.15) is 0 Å². The largest absolute Gasteiger partial charge is 0.481 e. The minimum absolute atomic E-state index is 0.344. The number of nitrogens with zero attached hydrogens (tertiary/aromatic N) is 3. The first-order valence-electron chi connectivity index (χ1n) is 6.22. The van der Waals surface area contributed by atoms with E-state index in [-0.39, 0.29) is 0 Å². The van der Waals surface area contributed by atoms with E-state index in [0.717, 1.165) is 5.56 Å². The maximum absolute atomic E-state index is 11.8. The van der Waals surface area contributed by atoms with Crippen molar-refractivity contribution in [3.05, 3.63) is 47.8 Å². The minimum Gasteiger partial charge on any atom is -0.481 e. The molecule has 0 bridgehead atoms. The Morgan fingerprint density at radius 2 is 2.05 bits per heavy atom. The Morgan fingerprint density at radius 1 is 1.37 bits per heavy atom. The molecule has 0 spiro atoms. The lowest BCUT2D eigenvalue weighted by Gasteiger charge is -2.27. The summed E-state index contributed by atoms with van der Waals surface area (Å²) in [6.07, 6.45) is 2.61. The highest BCUT2D eigenvalue weighted by Crippen LogP contribution is 2.31. The first-order valence-corrected chi connectivity index (χ1v) is 6.22. The maximum Gasteiger partial charge on any atom is 0.314 e. The van der Waals surface area contributed by atoms with E-state index in [9.17, 15) is 9.90 Å². The normalized spacial score (nSPS) is 14.0. The summed E-state index contributed by atoms with van der Waals surface area (Å²) in [6.45, 7) is 1.89. The molecular weight excluding hydrogens is 242 g/mol. The van der Waals surface area contributed by atoms with E-state index in [1.807, 2.05) is 37.3 Å².